The molecule has 0 radical (unpaired) electrons. The molecular formula is C40H44N6O9S. The quantitative estimate of drug-likeness (QED) is 0.159. The molecule has 8 rings (SSSR count). The van der Waals surface area contributed by atoms with E-state index >= 15 is 0 Å². The molecule has 3 fully saturated rings. The van der Waals surface area contributed by atoms with Crippen LogP contribution in [0.5, 0.6) is 0 Å². The van der Waals surface area contributed by atoms with E-state index in [1.807, 2.05) is 24.0 Å². The van der Waals surface area contributed by atoms with Crippen molar-refractivity contribution in [1.82, 2.24) is 15.2 Å². The molecule has 2 aromatic carbocycles. The second-order valence-corrected chi connectivity index (χ2v) is 16.0. The smallest absolute Gasteiger partial charge is 0.413 e. The number of thiazole rings is 1. The molecule has 5 aliphatic rings. The number of nitrogens with one attached hydrogen (secondary N) is 3. The Morgan fingerprint density at radius 1 is 0.964 bits per heavy atom. The van der Waals surface area contributed by atoms with E-state index < -0.39 is 35.8 Å². The number of rotatable bonds is 13. The van der Waals surface area contributed by atoms with Crippen molar-refractivity contribution < 1.29 is 43.0 Å². The molecule has 294 valence electrons. The molecule has 16 heteroatoms. The average molecular weight is 785 g/mol. The van der Waals surface area contributed by atoms with Crippen LogP contribution in [0, 0.1) is 12.8 Å². The summed E-state index contributed by atoms with van der Waals surface area (Å²) in [6.07, 6.45) is 5.07. The zero-order valence-electron chi connectivity index (χ0n) is 31.1. The van der Waals surface area contributed by atoms with Crippen molar-refractivity contribution in [3.8, 4) is 11.3 Å². The highest BCUT2D eigenvalue weighted by Crippen LogP contribution is 2.39. The number of aryl methyl sites for hydroxylation is 1. The average Bonchev–Trinajstić information content (AvgIpc) is 3.77. The number of benzene rings is 2. The van der Waals surface area contributed by atoms with Crippen molar-refractivity contribution in [2.45, 2.75) is 83.0 Å². The third-order valence-corrected chi connectivity index (χ3v) is 11.8. The van der Waals surface area contributed by atoms with Gasteiger partial charge < -0.3 is 24.4 Å². The van der Waals surface area contributed by atoms with E-state index in [4.69, 9.17) is 19.2 Å². The number of imide groups is 2. The zero-order chi connectivity index (χ0) is 38.9. The number of aromatic nitrogens is 1. The van der Waals surface area contributed by atoms with Crippen molar-refractivity contribution in [3.63, 3.8) is 0 Å². The lowest BCUT2D eigenvalue weighted by Crippen LogP contribution is -2.54. The summed E-state index contributed by atoms with van der Waals surface area (Å²) in [6.45, 7) is 4.06. The maximum Gasteiger partial charge on any atom is 0.413 e. The summed E-state index contributed by atoms with van der Waals surface area (Å²) in [6, 6.07) is 10.00. The number of anilines is 3. The number of ether oxygens (including phenoxy) is 3. The molecule has 2 saturated carbocycles. The number of hydrogen-bond donors (Lipinski definition) is 3. The summed E-state index contributed by atoms with van der Waals surface area (Å²) in [7, 11) is 0. The van der Waals surface area contributed by atoms with Crippen LogP contribution in [0.15, 0.2) is 36.4 Å². The lowest BCUT2D eigenvalue weighted by Gasteiger charge is -2.28. The monoisotopic (exact) mass is 784 g/mol. The summed E-state index contributed by atoms with van der Waals surface area (Å²) < 4.78 is 17.6. The number of piperidine rings is 1. The molecule has 4 heterocycles. The van der Waals surface area contributed by atoms with Gasteiger partial charge in [0.25, 0.3) is 11.8 Å². The fourth-order valence-electron chi connectivity index (χ4n) is 7.97. The Hall–Kier alpha value is -5.19. The van der Waals surface area contributed by atoms with Crippen molar-refractivity contribution in [2.75, 3.05) is 48.4 Å². The summed E-state index contributed by atoms with van der Waals surface area (Å²) in [5.74, 6) is -1.79. The van der Waals surface area contributed by atoms with Crippen molar-refractivity contribution in [2.24, 2.45) is 5.92 Å². The van der Waals surface area contributed by atoms with Gasteiger partial charge in [-0.1, -0.05) is 12.1 Å². The fourth-order valence-corrected chi connectivity index (χ4v) is 8.79. The van der Waals surface area contributed by atoms with Gasteiger partial charge in [0.2, 0.25) is 17.7 Å². The van der Waals surface area contributed by atoms with Crippen LogP contribution in [0.25, 0.3) is 11.3 Å². The van der Waals surface area contributed by atoms with Gasteiger partial charge in [0.15, 0.2) is 5.13 Å². The first-order chi connectivity index (χ1) is 27.1. The van der Waals surface area contributed by atoms with Gasteiger partial charge in [-0.05, 0) is 81.7 Å². The highest BCUT2D eigenvalue weighted by molar-refractivity contribution is 7.16. The number of nitrogens with zero attached hydrogens (tertiary/aromatic N) is 3. The molecule has 15 nitrogen and oxygen atoms in total. The topological polar surface area (TPSA) is 186 Å². The van der Waals surface area contributed by atoms with E-state index in [-0.39, 0.29) is 48.0 Å². The van der Waals surface area contributed by atoms with E-state index in [2.05, 4.69) is 22.0 Å². The number of hydrogen-bond acceptors (Lipinski definition) is 12. The molecule has 1 aromatic heterocycles. The van der Waals surface area contributed by atoms with Crippen LogP contribution in [-0.2, 0) is 35.0 Å². The Bertz CT molecular complexity index is 2080. The van der Waals surface area contributed by atoms with E-state index in [9.17, 15) is 28.8 Å². The summed E-state index contributed by atoms with van der Waals surface area (Å²) in [5.41, 5.74) is 4.77. The van der Waals surface area contributed by atoms with E-state index in [1.54, 1.807) is 18.2 Å². The Balaban J connectivity index is 0.748. The Morgan fingerprint density at radius 3 is 2.62 bits per heavy atom. The minimum atomic E-state index is -1.03. The van der Waals surface area contributed by atoms with Crippen molar-refractivity contribution >= 4 is 63.5 Å². The predicted molar refractivity (Wildman–Crippen MR) is 206 cm³/mol. The van der Waals surface area contributed by atoms with Crippen LogP contribution in [0.4, 0.5) is 21.3 Å². The minimum Gasteiger partial charge on any atom is -0.446 e. The predicted octanol–water partition coefficient (Wildman–Crippen LogP) is 4.82. The van der Waals surface area contributed by atoms with E-state index in [0.29, 0.717) is 50.1 Å². The van der Waals surface area contributed by atoms with Crippen LogP contribution in [0.3, 0.4) is 0 Å². The normalized spacial score (nSPS) is 21.8. The molecule has 3 aromatic rings. The van der Waals surface area contributed by atoms with Crippen molar-refractivity contribution in [3.05, 3.63) is 58.0 Å². The first-order valence-corrected chi connectivity index (χ1v) is 20.1. The van der Waals surface area contributed by atoms with Gasteiger partial charge in [0, 0.05) is 53.7 Å². The summed E-state index contributed by atoms with van der Waals surface area (Å²) >= 11 is 1.40. The lowest BCUT2D eigenvalue weighted by atomic mass is 9.95. The van der Waals surface area contributed by atoms with Gasteiger partial charge in [0.05, 0.1) is 42.7 Å². The van der Waals surface area contributed by atoms with Crippen LogP contribution in [0.2, 0.25) is 0 Å². The molecule has 6 amide bonds. The standard InChI is InChI=1S/C40H44N6O9S/c1-22-34(25-10-11-30-24(20-25)14-16-45(30)36(49)23-8-9-23)43-39(56-22)44-40(52)55-27-5-2-4-26(21-27)54-19-18-53-17-15-41-29-7-3-6-28-33(29)38(51)46(37(28)50)31-12-13-32(47)42-35(31)48/h3,6-7,10-11,20,23,26-27,31,41H,2,4-5,8-9,12-19,21H2,1H3,(H,42,47,48)(H,43,44,52)/t26-,27?,31?/m1/s1. The third-order valence-electron chi connectivity index (χ3n) is 10.9. The van der Waals surface area contributed by atoms with E-state index in [0.717, 1.165) is 70.8 Å². The van der Waals surface area contributed by atoms with Crippen LogP contribution in [0.1, 0.15) is 82.5 Å². The first kappa shape index (κ1) is 37.7. The van der Waals surface area contributed by atoms with Gasteiger partial charge >= 0.3 is 6.09 Å². The number of fused-ring (bicyclic) bond motifs is 2. The summed E-state index contributed by atoms with van der Waals surface area (Å²) in [4.78, 5) is 84.4. The largest absolute Gasteiger partial charge is 0.446 e. The zero-order valence-corrected chi connectivity index (χ0v) is 31.9. The molecule has 1 saturated heterocycles. The molecule has 3 N–H and O–H groups in total. The van der Waals surface area contributed by atoms with Crippen LogP contribution >= 0.6 is 11.3 Å². The molecular weight excluding hydrogens is 741 g/mol. The fraction of sp³-hybridized carbons (Fsp3) is 0.475. The maximum absolute atomic E-state index is 13.3. The molecule has 2 aliphatic carbocycles. The Labute approximate surface area is 327 Å². The third kappa shape index (κ3) is 7.90. The van der Waals surface area contributed by atoms with Crippen LogP contribution < -0.4 is 20.9 Å². The second-order valence-electron chi connectivity index (χ2n) is 14.8. The number of carbonyl (C=O) groups excluding carboxylic acids is 6. The molecule has 0 spiro atoms. The Kier molecular flexibility index (Phi) is 10.9. The highest BCUT2D eigenvalue weighted by atomic mass is 32.1. The number of carbonyl (C=O) groups is 6. The summed E-state index contributed by atoms with van der Waals surface area (Å²) in [5, 5.41) is 8.65. The molecule has 3 aliphatic heterocycles. The highest BCUT2D eigenvalue weighted by Gasteiger charge is 2.45. The Morgan fingerprint density at radius 2 is 1.80 bits per heavy atom. The van der Waals surface area contributed by atoms with Crippen LogP contribution in [-0.4, -0.2) is 96.7 Å². The first-order valence-electron chi connectivity index (χ1n) is 19.3. The van der Waals surface area contributed by atoms with Gasteiger partial charge in [-0.15, -0.1) is 11.3 Å². The molecule has 3 atom stereocenters. The minimum absolute atomic E-state index is 0.0561. The van der Waals surface area contributed by atoms with Gasteiger partial charge in [-0.2, -0.15) is 0 Å². The molecule has 2 unspecified atom stereocenters. The molecule has 56 heavy (non-hydrogen) atoms. The van der Waals surface area contributed by atoms with E-state index in [1.165, 1.54) is 11.3 Å². The SMILES string of the molecule is Cc1sc(NC(=O)OC2CCC[C@@H](OCCOCCNc3cccc4c3C(=O)N(C3CCC(=O)NC3=O)C4=O)C2)nc1-c1ccc2c(c1)CCN2C(=O)C1CC1. The maximum atomic E-state index is 13.3. The molecule has 0 bridgehead atoms. The van der Waals surface area contributed by atoms with Gasteiger partial charge in [0.1, 0.15) is 12.1 Å². The lowest BCUT2D eigenvalue weighted by molar-refractivity contribution is -0.136. The van der Waals surface area contributed by atoms with Crippen molar-refractivity contribution in [1.29, 1.82) is 0 Å². The second kappa shape index (κ2) is 16.1. The van der Waals surface area contributed by atoms with Gasteiger partial charge in [-0.25, -0.2) is 9.78 Å². The number of amides is 6. The van der Waals surface area contributed by atoms with Gasteiger partial charge in [-0.3, -0.25) is 39.5 Å².